The summed E-state index contributed by atoms with van der Waals surface area (Å²) in [4.78, 5) is 41.2. The number of fused-ring (bicyclic) bond motifs is 3. The highest BCUT2D eigenvalue weighted by Gasteiger charge is 2.29. The maximum atomic E-state index is 12.6. The third kappa shape index (κ3) is 6.82. The quantitative estimate of drug-likeness (QED) is 0.229. The van der Waals surface area contributed by atoms with Gasteiger partial charge in [0.25, 0.3) is 0 Å². The zero-order chi connectivity index (χ0) is 29.5. The number of hydrogen-bond donors (Lipinski definition) is 3. The van der Waals surface area contributed by atoms with Crippen LogP contribution in [0.4, 0.5) is 10.5 Å². The van der Waals surface area contributed by atoms with Crippen LogP contribution in [-0.2, 0) is 32.1 Å². The molecule has 0 fully saturated rings. The number of carboxylic acids is 1. The number of anilines is 1. The van der Waals surface area contributed by atoms with Gasteiger partial charge in [0.2, 0.25) is 5.91 Å². The van der Waals surface area contributed by atoms with Crippen LogP contribution in [0, 0.1) is 0 Å². The molecular weight excluding hydrogens is 534 g/mol. The number of rotatable bonds is 11. The molecule has 1 heterocycles. The number of hydrogen-bond acceptors (Lipinski definition) is 6. The molecule has 2 atom stereocenters. The molecule has 214 valence electrons. The molecule has 9 nitrogen and oxygen atoms in total. The number of aliphatic carboxylic acids is 1. The molecule has 0 saturated heterocycles. The SMILES string of the molecule is CC(OCc1ccccc1)C(NC(=O)Cc1ccc(NC(=O)OCC2c3ccccc3-c3ccccc32)cn1)C(=O)O. The molecule has 1 aliphatic carbocycles. The van der Waals surface area contributed by atoms with E-state index in [1.54, 1.807) is 19.1 Å². The van der Waals surface area contributed by atoms with Crippen LogP contribution in [0.1, 0.15) is 35.2 Å². The largest absolute Gasteiger partial charge is 0.480 e. The Balaban J connectivity index is 1.11. The summed E-state index contributed by atoms with van der Waals surface area (Å²) < 4.78 is 11.2. The molecule has 3 aromatic carbocycles. The smallest absolute Gasteiger partial charge is 0.411 e. The summed E-state index contributed by atoms with van der Waals surface area (Å²) in [5, 5.41) is 14.8. The van der Waals surface area contributed by atoms with Gasteiger partial charge in [0, 0.05) is 11.6 Å². The fourth-order valence-electron chi connectivity index (χ4n) is 5.02. The molecule has 42 heavy (non-hydrogen) atoms. The Labute approximate surface area is 243 Å². The summed E-state index contributed by atoms with van der Waals surface area (Å²) in [5.41, 5.74) is 6.26. The van der Waals surface area contributed by atoms with Crippen molar-refractivity contribution in [3.63, 3.8) is 0 Å². The lowest BCUT2D eigenvalue weighted by atomic mass is 9.98. The van der Waals surface area contributed by atoms with Gasteiger partial charge in [-0.3, -0.25) is 15.1 Å². The Morgan fingerprint density at radius 1 is 0.881 bits per heavy atom. The first-order valence-electron chi connectivity index (χ1n) is 13.6. The molecule has 3 N–H and O–H groups in total. The molecule has 2 amide bonds. The number of carboxylic acid groups (broad SMARTS) is 1. The minimum absolute atomic E-state index is 0.0525. The van der Waals surface area contributed by atoms with Gasteiger partial charge < -0.3 is 19.9 Å². The van der Waals surface area contributed by atoms with Gasteiger partial charge in [-0.2, -0.15) is 0 Å². The molecule has 9 heteroatoms. The van der Waals surface area contributed by atoms with E-state index in [1.165, 1.54) is 6.20 Å². The average Bonchev–Trinajstić information content (AvgIpc) is 3.32. The van der Waals surface area contributed by atoms with Gasteiger partial charge >= 0.3 is 12.1 Å². The predicted molar refractivity (Wildman–Crippen MR) is 157 cm³/mol. The van der Waals surface area contributed by atoms with Crippen LogP contribution in [0.5, 0.6) is 0 Å². The maximum absolute atomic E-state index is 12.6. The molecule has 0 radical (unpaired) electrons. The second-order valence-corrected chi connectivity index (χ2v) is 10.1. The number of amides is 2. The number of benzene rings is 3. The number of ether oxygens (including phenoxy) is 2. The molecule has 0 saturated carbocycles. The number of carbonyl (C=O) groups excluding carboxylic acids is 2. The number of carbonyl (C=O) groups is 3. The van der Waals surface area contributed by atoms with Crippen LogP contribution in [0.3, 0.4) is 0 Å². The van der Waals surface area contributed by atoms with Crippen molar-refractivity contribution >= 4 is 23.7 Å². The third-order valence-electron chi connectivity index (χ3n) is 7.16. The summed E-state index contributed by atoms with van der Waals surface area (Å²) in [7, 11) is 0. The van der Waals surface area contributed by atoms with Gasteiger partial charge in [0.1, 0.15) is 6.61 Å². The Bertz CT molecular complexity index is 1510. The van der Waals surface area contributed by atoms with Crippen molar-refractivity contribution < 1.29 is 29.0 Å². The van der Waals surface area contributed by atoms with Gasteiger partial charge in [0.15, 0.2) is 6.04 Å². The third-order valence-corrected chi connectivity index (χ3v) is 7.16. The maximum Gasteiger partial charge on any atom is 0.411 e. The fourth-order valence-corrected chi connectivity index (χ4v) is 5.02. The van der Waals surface area contributed by atoms with Crippen molar-refractivity contribution in [2.75, 3.05) is 11.9 Å². The normalized spacial score (nSPS) is 13.4. The molecule has 1 aromatic heterocycles. The van der Waals surface area contributed by atoms with Crippen molar-refractivity contribution in [2.24, 2.45) is 0 Å². The van der Waals surface area contributed by atoms with E-state index >= 15 is 0 Å². The molecule has 2 unspecified atom stereocenters. The minimum atomic E-state index is -1.23. The summed E-state index contributed by atoms with van der Waals surface area (Å²) in [5.74, 6) is -1.76. The first kappa shape index (κ1) is 28.5. The zero-order valence-electron chi connectivity index (χ0n) is 23.0. The number of aromatic nitrogens is 1. The Kier molecular flexibility index (Phi) is 8.89. The molecule has 0 aliphatic heterocycles. The Hall–Kier alpha value is -5.02. The molecule has 4 aromatic rings. The van der Waals surface area contributed by atoms with E-state index < -0.39 is 30.1 Å². The van der Waals surface area contributed by atoms with Crippen LogP contribution in [0.2, 0.25) is 0 Å². The van der Waals surface area contributed by atoms with Crippen molar-refractivity contribution in [1.29, 1.82) is 0 Å². The van der Waals surface area contributed by atoms with E-state index in [9.17, 15) is 19.5 Å². The van der Waals surface area contributed by atoms with Crippen molar-refractivity contribution in [1.82, 2.24) is 10.3 Å². The first-order chi connectivity index (χ1) is 20.4. The van der Waals surface area contributed by atoms with E-state index in [4.69, 9.17) is 9.47 Å². The van der Waals surface area contributed by atoms with E-state index in [0.717, 1.165) is 27.8 Å². The summed E-state index contributed by atoms with van der Waals surface area (Å²) >= 11 is 0. The second kappa shape index (κ2) is 13.1. The fraction of sp³-hybridized carbons (Fsp3) is 0.212. The van der Waals surface area contributed by atoms with Gasteiger partial charge in [0.05, 0.1) is 31.0 Å². The van der Waals surface area contributed by atoms with Crippen LogP contribution in [0.15, 0.2) is 97.2 Å². The topological polar surface area (TPSA) is 127 Å². The average molecular weight is 566 g/mol. The Morgan fingerprint density at radius 3 is 2.14 bits per heavy atom. The standard InChI is InChI=1S/C33H31N3O6/c1-21(41-19-22-9-3-2-4-10-22)31(32(38)39)36-30(37)17-23-15-16-24(18-34-23)35-33(40)42-20-29-27-13-7-5-11-25(27)26-12-6-8-14-28(26)29/h2-16,18,21,29,31H,17,19-20H2,1H3,(H,35,40)(H,36,37)(H,38,39). The van der Waals surface area contributed by atoms with Crippen molar-refractivity contribution in [3.05, 3.63) is 120 Å². The van der Waals surface area contributed by atoms with Crippen molar-refractivity contribution in [3.8, 4) is 11.1 Å². The lowest BCUT2D eigenvalue weighted by Crippen LogP contribution is -2.49. The van der Waals surface area contributed by atoms with Crippen molar-refractivity contribution in [2.45, 2.75) is 38.0 Å². The van der Waals surface area contributed by atoms with E-state index in [1.807, 2.05) is 54.6 Å². The van der Waals surface area contributed by atoms with Crippen LogP contribution in [0.25, 0.3) is 11.1 Å². The monoisotopic (exact) mass is 565 g/mol. The van der Waals surface area contributed by atoms with E-state index in [2.05, 4.69) is 39.9 Å². The van der Waals surface area contributed by atoms with Gasteiger partial charge in [-0.05, 0) is 46.9 Å². The minimum Gasteiger partial charge on any atom is -0.480 e. The highest BCUT2D eigenvalue weighted by atomic mass is 16.5. The van der Waals surface area contributed by atoms with E-state index in [0.29, 0.717) is 11.4 Å². The molecule has 1 aliphatic rings. The highest BCUT2D eigenvalue weighted by molar-refractivity contribution is 5.86. The molecular formula is C33H31N3O6. The number of nitrogens with one attached hydrogen (secondary N) is 2. The lowest BCUT2D eigenvalue weighted by molar-refractivity contribution is -0.146. The predicted octanol–water partition coefficient (Wildman–Crippen LogP) is 5.16. The zero-order valence-corrected chi connectivity index (χ0v) is 23.0. The van der Waals surface area contributed by atoms with Gasteiger partial charge in [-0.25, -0.2) is 9.59 Å². The van der Waals surface area contributed by atoms with E-state index in [-0.39, 0.29) is 25.6 Å². The highest BCUT2D eigenvalue weighted by Crippen LogP contribution is 2.44. The van der Waals surface area contributed by atoms with Crippen LogP contribution in [-0.4, -0.2) is 46.8 Å². The molecule has 0 spiro atoms. The Morgan fingerprint density at radius 2 is 1.52 bits per heavy atom. The second-order valence-electron chi connectivity index (χ2n) is 10.1. The lowest BCUT2D eigenvalue weighted by Gasteiger charge is -2.22. The van der Waals surface area contributed by atoms with Gasteiger partial charge in [-0.15, -0.1) is 0 Å². The molecule has 5 rings (SSSR count). The summed E-state index contributed by atoms with van der Waals surface area (Å²) in [6.07, 6.45) is -0.0913. The van der Waals surface area contributed by atoms with Crippen LogP contribution < -0.4 is 10.6 Å². The molecule has 0 bridgehead atoms. The first-order valence-corrected chi connectivity index (χ1v) is 13.6. The van der Waals surface area contributed by atoms with Gasteiger partial charge in [-0.1, -0.05) is 78.9 Å². The number of nitrogens with zero attached hydrogens (tertiary/aromatic N) is 1. The summed E-state index contributed by atoms with van der Waals surface area (Å²) in [6, 6.07) is 27.5. The van der Waals surface area contributed by atoms with Crippen LogP contribution >= 0.6 is 0 Å². The summed E-state index contributed by atoms with van der Waals surface area (Å²) in [6.45, 7) is 2.01. The number of pyridine rings is 1.